The van der Waals surface area contributed by atoms with Crippen LogP contribution in [0.15, 0.2) is 61.2 Å². The molecule has 1 amide bonds. The smallest absolute Gasteiger partial charge is 0.251 e. The summed E-state index contributed by atoms with van der Waals surface area (Å²) in [5.41, 5.74) is 4.28. The van der Waals surface area contributed by atoms with Crippen molar-refractivity contribution in [3.8, 4) is 11.3 Å². The lowest BCUT2D eigenvalue weighted by Crippen LogP contribution is -2.18. The van der Waals surface area contributed by atoms with Gasteiger partial charge in [0.2, 0.25) is 0 Å². The molecular formula is C27H33N7OS. The molecule has 0 saturated carbocycles. The van der Waals surface area contributed by atoms with Gasteiger partial charge >= 0.3 is 0 Å². The number of rotatable bonds is 10. The van der Waals surface area contributed by atoms with Crippen molar-refractivity contribution in [3.05, 3.63) is 72.3 Å². The topological polar surface area (TPSA) is 105 Å². The van der Waals surface area contributed by atoms with E-state index in [1.165, 1.54) is 0 Å². The molecule has 3 N–H and O–H groups in total. The number of carbonyl (C=O) groups is 1. The van der Waals surface area contributed by atoms with Gasteiger partial charge in [-0.05, 0) is 30.2 Å². The molecular weight excluding hydrogens is 470 g/mol. The number of para-hydroxylation sites is 1. The monoisotopic (exact) mass is 503 g/mol. The SMILES string of the molecule is CCCCNc1ccc(-c2cc(NC[C@@H](C)c3cccc4c(C(=O)NC)ccnc34)ncn2)cn1.S. The zero-order chi connectivity index (χ0) is 24.6. The molecule has 0 aliphatic carbocycles. The first-order valence-corrected chi connectivity index (χ1v) is 12.0. The van der Waals surface area contributed by atoms with Crippen molar-refractivity contribution in [2.24, 2.45) is 0 Å². The number of aromatic nitrogens is 4. The van der Waals surface area contributed by atoms with Crippen LogP contribution in [0.1, 0.15) is 48.5 Å². The lowest BCUT2D eigenvalue weighted by molar-refractivity contribution is 0.0964. The first-order chi connectivity index (χ1) is 17.1. The molecule has 9 heteroatoms. The van der Waals surface area contributed by atoms with Gasteiger partial charge in [0.15, 0.2) is 0 Å². The maximum atomic E-state index is 12.3. The summed E-state index contributed by atoms with van der Waals surface area (Å²) in [5, 5.41) is 10.3. The third-order valence-corrected chi connectivity index (χ3v) is 5.96. The van der Waals surface area contributed by atoms with Crippen molar-refractivity contribution < 1.29 is 4.79 Å². The molecule has 8 nitrogen and oxygen atoms in total. The molecule has 188 valence electrons. The van der Waals surface area contributed by atoms with Crippen molar-refractivity contribution in [2.45, 2.75) is 32.6 Å². The summed E-state index contributed by atoms with van der Waals surface area (Å²) in [7, 11) is 1.63. The molecule has 4 rings (SSSR count). The highest BCUT2D eigenvalue weighted by Crippen LogP contribution is 2.27. The summed E-state index contributed by atoms with van der Waals surface area (Å²) < 4.78 is 0. The Morgan fingerprint density at radius 3 is 2.61 bits per heavy atom. The zero-order valence-corrected chi connectivity index (χ0v) is 21.9. The first kappa shape index (κ1) is 26.9. The van der Waals surface area contributed by atoms with Gasteiger partial charge in [0.1, 0.15) is 18.0 Å². The summed E-state index contributed by atoms with van der Waals surface area (Å²) in [4.78, 5) is 30.1. The summed E-state index contributed by atoms with van der Waals surface area (Å²) in [6, 6.07) is 13.6. The van der Waals surface area contributed by atoms with E-state index < -0.39 is 0 Å². The number of hydrogen-bond acceptors (Lipinski definition) is 7. The Bertz CT molecular complexity index is 1300. The predicted molar refractivity (Wildman–Crippen MR) is 151 cm³/mol. The number of carbonyl (C=O) groups excluding carboxylic acids is 1. The van der Waals surface area contributed by atoms with E-state index in [1.807, 2.05) is 36.5 Å². The Balaban J connectivity index is 0.00000361. The highest BCUT2D eigenvalue weighted by atomic mass is 32.1. The number of fused-ring (bicyclic) bond motifs is 1. The van der Waals surface area contributed by atoms with Crippen molar-refractivity contribution in [3.63, 3.8) is 0 Å². The largest absolute Gasteiger partial charge is 0.370 e. The van der Waals surface area contributed by atoms with Crippen molar-refractivity contribution in [1.82, 2.24) is 25.3 Å². The molecule has 0 aliphatic heterocycles. The molecule has 0 aliphatic rings. The number of benzene rings is 1. The van der Waals surface area contributed by atoms with Crippen LogP contribution in [0.4, 0.5) is 11.6 Å². The normalized spacial score (nSPS) is 11.4. The number of nitrogens with one attached hydrogen (secondary N) is 3. The second kappa shape index (κ2) is 12.8. The molecule has 3 aromatic heterocycles. The van der Waals surface area contributed by atoms with Gasteiger partial charge in [0.05, 0.1) is 16.8 Å². The fourth-order valence-corrected chi connectivity index (χ4v) is 3.95. The minimum atomic E-state index is -0.117. The van der Waals surface area contributed by atoms with E-state index in [9.17, 15) is 4.79 Å². The maximum Gasteiger partial charge on any atom is 0.251 e. The van der Waals surface area contributed by atoms with Gasteiger partial charge in [-0.3, -0.25) is 9.78 Å². The first-order valence-electron chi connectivity index (χ1n) is 12.0. The van der Waals surface area contributed by atoms with Crippen LogP contribution in [-0.2, 0) is 0 Å². The number of hydrogen-bond donors (Lipinski definition) is 3. The molecule has 0 spiro atoms. The summed E-state index contributed by atoms with van der Waals surface area (Å²) in [5.74, 6) is 1.63. The molecule has 0 unspecified atom stereocenters. The quantitative estimate of drug-likeness (QED) is 0.262. The van der Waals surface area contributed by atoms with Gasteiger partial charge < -0.3 is 16.0 Å². The Morgan fingerprint density at radius 1 is 1.00 bits per heavy atom. The van der Waals surface area contributed by atoms with Crippen molar-refractivity contribution in [1.29, 1.82) is 0 Å². The minimum absolute atomic E-state index is 0. The highest BCUT2D eigenvalue weighted by molar-refractivity contribution is 7.59. The number of amides is 1. The van der Waals surface area contributed by atoms with E-state index in [-0.39, 0.29) is 25.3 Å². The van der Waals surface area contributed by atoms with E-state index in [4.69, 9.17) is 0 Å². The Labute approximate surface area is 218 Å². The van der Waals surface area contributed by atoms with Gasteiger partial charge in [0, 0.05) is 55.5 Å². The van der Waals surface area contributed by atoms with Crippen LogP contribution in [-0.4, -0.2) is 46.0 Å². The molecule has 0 radical (unpaired) electrons. The second-order valence-corrected chi connectivity index (χ2v) is 8.46. The third-order valence-electron chi connectivity index (χ3n) is 5.96. The Morgan fingerprint density at radius 2 is 1.86 bits per heavy atom. The van der Waals surface area contributed by atoms with Crippen LogP contribution in [0.25, 0.3) is 22.2 Å². The van der Waals surface area contributed by atoms with Crippen molar-refractivity contribution in [2.75, 3.05) is 30.8 Å². The van der Waals surface area contributed by atoms with Crippen LogP contribution >= 0.6 is 13.5 Å². The van der Waals surface area contributed by atoms with Crippen LogP contribution in [0.3, 0.4) is 0 Å². The maximum absolute atomic E-state index is 12.3. The predicted octanol–water partition coefficient (Wildman–Crippen LogP) is 4.99. The molecule has 0 saturated heterocycles. The average molecular weight is 504 g/mol. The molecule has 4 aromatic rings. The fraction of sp³-hybridized carbons (Fsp3) is 0.296. The molecule has 0 fully saturated rings. The third kappa shape index (κ3) is 6.28. The molecule has 1 atom stereocenters. The van der Waals surface area contributed by atoms with Gasteiger partial charge in [-0.15, -0.1) is 0 Å². The summed E-state index contributed by atoms with van der Waals surface area (Å²) >= 11 is 0. The van der Waals surface area contributed by atoms with Gasteiger partial charge in [-0.25, -0.2) is 15.0 Å². The molecule has 36 heavy (non-hydrogen) atoms. The molecule has 0 bridgehead atoms. The second-order valence-electron chi connectivity index (χ2n) is 8.46. The fourth-order valence-electron chi connectivity index (χ4n) is 3.95. The number of nitrogens with zero attached hydrogens (tertiary/aromatic N) is 4. The van der Waals surface area contributed by atoms with Gasteiger partial charge in [-0.1, -0.05) is 38.5 Å². The lowest BCUT2D eigenvalue weighted by atomic mass is 9.96. The molecule has 3 heterocycles. The van der Waals surface area contributed by atoms with E-state index in [2.05, 4.69) is 55.8 Å². The zero-order valence-electron chi connectivity index (χ0n) is 20.9. The Kier molecular flexibility index (Phi) is 9.58. The summed E-state index contributed by atoms with van der Waals surface area (Å²) in [6.45, 7) is 5.87. The van der Waals surface area contributed by atoms with Crippen LogP contribution in [0.2, 0.25) is 0 Å². The van der Waals surface area contributed by atoms with Crippen molar-refractivity contribution >= 4 is 41.9 Å². The Hall–Kier alpha value is -3.72. The van der Waals surface area contributed by atoms with Crippen LogP contribution < -0.4 is 16.0 Å². The standard InChI is InChI=1S/C27H31N7O.H2S/c1-4-5-12-29-24-10-9-19(16-32-24)23-14-25(34-17-33-23)31-15-18(2)20-7-6-8-21-22(27(35)28-3)11-13-30-26(20)21;/h6-11,13-14,16-18H,4-5,12,15H2,1-3H3,(H,28,35)(H,29,32)(H,31,33,34);1H2/t18-;/m1./s1. The van der Waals surface area contributed by atoms with Crippen LogP contribution in [0, 0.1) is 0 Å². The number of anilines is 2. The minimum Gasteiger partial charge on any atom is -0.370 e. The number of pyridine rings is 2. The van der Waals surface area contributed by atoms with E-state index in [1.54, 1.807) is 25.6 Å². The van der Waals surface area contributed by atoms with Crippen LogP contribution in [0.5, 0.6) is 0 Å². The lowest BCUT2D eigenvalue weighted by Gasteiger charge is -2.16. The van der Waals surface area contributed by atoms with E-state index >= 15 is 0 Å². The van der Waals surface area contributed by atoms with Gasteiger partial charge in [-0.2, -0.15) is 13.5 Å². The summed E-state index contributed by atoms with van der Waals surface area (Å²) in [6.07, 6.45) is 7.34. The molecule has 1 aromatic carbocycles. The van der Waals surface area contributed by atoms with Gasteiger partial charge in [0.25, 0.3) is 5.91 Å². The number of unbranched alkanes of at least 4 members (excludes halogenated alkanes) is 1. The average Bonchev–Trinajstić information content (AvgIpc) is 2.91. The van der Waals surface area contributed by atoms with E-state index in [0.717, 1.165) is 58.7 Å². The highest BCUT2D eigenvalue weighted by Gasteiger charge is 2.15. The van der Waals surface area contributed by atoms with E-state index in [0.29, 0.717) is 12.1 Å².